The molecule has 2 rings (SSSR count). The summed E-state index contributed by atoms with van der Waals surface area (Å²) < 4.78 is 5.59. The highest BCUT2D eigenvalue weighted by Crippen LogP contribution is 2.19. The number of nitrogens with zero attached hydrogens (tertiary/aromatic N) is 2. The van der Waals surface area contributed by atoms with Crippen LogP contribution in [0, 0.1) is 0 Å². The van der Waals surface area contributed by atoms with Crippen LogP contribution in [0.25, 0.3) is 0 Å². The second-order valence-corrected chi connectivity index (χ2v) is 4.14. The topological polar surface area (TPSA) is 47.0 Å². The van der Waals surface area contributed by atoms with Gasteiger partial charge in [0.1, 0.15) is 0 Å². The number of aromatic nitrogens is 2. The van der Waals surface area contributed by atoms with Crippen LogP contribution < -0.4 is 5.32 Å². The van der Waals surface area contributed by atoms with E-state index in [1.165, 1.54) is 0 Å². The molecule has 15 heavy (non-hydrogen) atoms. The molecule has 0 saturated carbocycles. The van der Waals surface area contributed by atoms with Crippen LogP contribution in [0.4, 0.5) is 5.69 Å². The van der Waals surface area contributed by atoms with Crippen molar-refractivity contribution in [1.82, 2.24) is 10.2 Å². The van der Waals surface area contributed by atoms with Gasteiger partial charge in [0.05, 0.1) is 18.0 Å². The zero-order valence-electron chi connectivity index (χ0n) is 8.61. The Labute approximate surface area is 94.0 Å². The maximum absolute atomic E-state index is 5.74. The van der Waals surface area contributed by atoms with E-state index >= 15 is 0 Å². The third-order valence-corrected chi connectivity index (χ3v) is 2.73. The van der Waals surface area contributed by atoms with Gasteiger partial charge in [-0.3, -0.25) is 0 Å². The second kappa shape index (κ2) is 4.77. The maximum atomic E-state index is 5.74. The molecular weight excluding hydrogens is 214 g/mol. The van der Waals surface area contributed by atoms with E-state index in [0.29, 0.717) is 5.15 Å². The van der Waals surface area contributed by atoms with Gasteiger partial charge in [-0.2, -0.15) is 5.10 Å². The number of ether oxygens (including phenoxy) is 1. The molecule has 1 saturated heterocycles. The van der Waals surface area contributed by atoms with E-state index in [2.05, 4.69) is 22.4 Å². The minimum Gasteiger partial charge on any atom is -0.379 e. The van der Waals surface area contributed by atoms with Gasteiger partial charge >= 0.3 is 0 Å². The highest BCUT2D eigenvalue weighted by molar-refractivity contribution is 6.29. The first-order valence-corrected chi connectivity index (χ1v) is 5.50. The summed E-state index contributed by atoms with van der Waals surface area (Å²) in [6.45, 7) is 2.97. The van der Waals surface area contributed by atoms with Crippen molar-refractivity contribution in [1.29, 1.82) is 0 Å². The Bertz CT molecular complexity index is 328. The van der Waals surface area contributed by atoms with Gasteiger partial charge in [-0.25, -0.2) is 0 Å². The average molecular weight is 228 g/mol. The van der Waals surface area contributed by atoms with Crippen LogP contribution in [-0.4, -0.2) is 29.0 Å². The van der Waals surface area contributed by atoms with E-state index in [1.807, 2.05) is 0 Å². The number of halogens is 1. The molecule has 1 aromatic rings. The summed E-state index contributed by atoms with van der Waals surface area (Å²) in [5.74, 6) is 0. The molecule has 1 N–H and O–H groups in total. The Morgan fingerprint density at radius 3 is 3.20 bits per heavy atom. The summed E-state index contributed by atoms with van der Waals surface area (Å²) in [7, 11) is 0. The molecule has 0 bridgehead atoms. The van der Waals surface area contributed by atoms with Crippen LogP contribution >= 0.6 is 11.6 Å². The van der Waals surface area contributed by atoms with Gasteiger partial charge in [0.15, 0.2) is 5.15 Å². The smallest absolute Gasteiger partial charge is 0.153 e. The summed E-state index contributed by atoms with van der Waals surface area (Å²) in [5.41, 5.74) is 0.887. The fraction of sp³-hybridized carbons (Fsp3) is 0.600. The molecule has 0 radical (unpaired) electrons. The van der Waals surface area contributed by atoms with E-state index in [9.17, 15) is 0 Å². The zero-order valence-corrected chi connectivity index (χ0v) is 9.37. The lowest BCUT2D eigenvalue weighted by molar-refractivity contribution is 0.0996. The lowest BCUT2D eigenvalue weighted by Gasteiger charge is -2.20. The lowest BCUT2D eigenvalue weighted by Crippen LogP contribution is -2.30. The Morgan fingerprint density at radius 1 is 1.67 bits per heavy atom. The maximum Gasteiger partial charge on any atom is 0.153 e. The van der Waals surface area contributed by atoms with Gasteiger partial charge in [-0.1, -0.05) is 11.6 Å². The standard InChI is InChI=1S/C10H14ClN3O/c1-7(9-3-2-4-15-9)13-8-5-10(11)14-12-6-8/h5-7,9H,2-4H2,1H3,(H,13,14). The molecule has 0 aromatic carbocycles. The Hall–Kier alpha value is -0.870. The number of anilines is 1. The molecule has 0 spiro atoms. The van der Waals surface area contributed by atoms with Crippen LogP contribution in [0.2, 0.25) is 5.15 Å². The van der Waals surface area contributed by atoms with Gasteiger partial charge in [-0.05, 0) is 19.8 Å². The minimum atomic E-state index is 0.271. The lowest BCUT2D eigenvalue weighted by atomic mass is 10.1. The Kier molecular flexibility index (Phi) is 3.38. The molecule has 5 heteroatoms. The fourth-order valence-electron chi connectivity index (χ4n) is 1.77. The van der Waals surface area contributed by atoms with Gasteiger partial charge in [-0.15, -0.1) is 5.10 Å². The molecule has 1 aromatic heterocycles. The summed E-state index contributed by atoms with van der Waals surface area (Å²) in [4.78, 5) is 0. The predicted molar refractivity (Wildman–Crippen MR) is 59.1 cm³/mol. The Balaban J connectivity index is 1.95. The first-order valence-electron chi connectivity index (χ1n) is 5.12. The Morgan fingerprint density at radius 2 is 2.53 bits per heavy atom. The normalized spacial score (nSPS) is 22.7. The molecular formula is C10H14ClN3O. The van der Waals surface area contributed by atoms with Crippen LogP contribution in [0.5, 0.6) is 0 Å². The first kappa shape index (κ1) is 10.6. The quantitative estimate of drug-likeness (QED) is 0.859. The first-order chi connectivity index (χ1) is 7.25. The molecule has 4 nitrogen and oxygen atoms in total. The largest absolute Gasteiger partial charge is 0.379 e. The average Bonchev–Trinajstić information content (AvgIpc) is 2.70. The van der Waals surface area contributed by atoms with Gasteiger partial charge in [0, 0.05) is 18.7 Å². The molecule has 1 aliphatic heterocycles. The predicted octanol–water partition coefficient (Wildman–Crippen LogP) is 2.11. The number of nitrogens with one attached hydrogen (secondary N) is 1. The van der Waals surface area contributed by atoms with Crippen LogP contribution in [-0.2, 0) is 4.74 Å². The highest BCUT2D eigenvalue weighted by Gasteiger charge is 2.22. The van der Waals surface area contributed by atoms with Gasteiger partial charge in [0.25, 0.3) is 0 Å². The molecule has 2 atom stereocenters. The second-order valence-electron chi connectivity index (χ2n) is 3.75. The van der Waals surface area contributed by atoms with E-state index in [4.69, 9.17) is 16.3 Å². The van der Waals surface area contributed by atoms with Crippen LogP contribution in [0.15, 0.2) is 12.3 Å². The van der Waals surface area contributed by atoms with Crippen molar-refractivity contribution in [2.24, 2.45) is 0 Å². The monoisotopic (exact) mass is 227 g/mol. The molecule has 1 aliphatic rings. The SMILES string of the molecule is CC(Nc1cnnc(Cl)c1)C1CCCO1. The molecule has 2 heterocycles. The highest BCUT2D eigenvalue weighted by atomic mass is 35.5. The molecule has 2 unspecified atom stereocenters. The van der Waals surface area contributed by atoms with Crippen molar-refractivity contribution in [2.45, 2.75) is 31.9 Å². The van der Waals surface area contributed by atoms with Crippen molar-refractivity contribution < 1.29 is 4.74 Å². The van der Waals surface area contributed by atoms with E-state index in [1.54, 1.807) is 12.3 Å². The van der Waals surface area contributed by atoms with E-state index in [0.717, 1.165) is 25.1 Å². The van der Waals surface area contributed by atoms with Crippen molar-refractivity contribution in [3.63, 3.8) is 0 Å². The van der Waals surface area contributed by atoms with Crippen molar-refractivity contribution in [3.8, 4) is 0 Å². The summed E-state index contributed by atoms with van der Waals surface area (Å²) in [6.07, 6.45) is 4.21. The summed E-state index contributed by atoms with van der Waals surface area (Å²) in [5, 5.41) is 11.2. The molecule has 0 aliphatic carbocycles. The fourth-order valence-corrected chi connectivity index (χ4v) is 1.93. The number of hydrogen-bond donors (Lipinski definition) is 1. The minimum absolute atomic E-state index is 0.271. The third kappa shape index (κ3) is 2.79. The van der Waals surface area contributed by atoms with Crippen molar-refractivity contribution in [3.05, 3.63) is 17.4 Å². The number of rotatable bonds is 3. The number of hydrogen-bond acceptors (Lipinski definition) is 4. The zero-order chi connectivity index (χ0) is 10.7. The van der Waals surface area contributed by atoms with E-state index < -0.39 is 0 Å². The molecule has 0 amide bonds. The summed E-state index contributed by atoms with van der Waals surface area (Å²) >= 11 is 5.74. The molecule has 1 fully saturated rings. The van der Waals surface area contributed by atoms with Gasteiger partial charge < -0.3 is 10.1 Å². The molecule has 82 valence electrons. The van der Waals surface area contributed by atoms with Crippen LogP contribution in [0.1, 0.15) is 19.8 Å². The van der Waals surface area contributed by atoms with Crippen molar-refractivity contribution in [2.75, 3.05) is 11.9 Å². The third-order valence-electron chi connectivity index (χ3n) is 2.54. The van der Waals surface area contributed by atoms with E-state index in [-0.39, 0.29) is 12.1 Å². The summed E-state index contributed by atoms with van der Waals surface area (Å²) in [6, 6.07) is 2.03. The van der Waals surface area contributed by atoms with Gasteiger partial charge in [0.2, 0.25) is 0 Å². The van der Waals surface area contributed by atoms with Crippen LogP contribution in [0.3, 0.4) is 0 Å². The van der Waals surface area contributed by atoms with Crippen molar-refractivity contribution >= 4 is 17.3 Å².